The van der Waals surface area contributed by atoms with E-state index in [1.54, 1.807) is 12.3 Å². The van der Waals surface area contributed by atoms with Crippen molar-refractivity contribution in [3.8, 4) is 0 Å². The van der Waals surface area contributed by atoms with Crippen LogP contribution >= 0.6 is 0 Å². The number of anilines is 2. The van der Waals surface area contributed by atoms with E-state index in [4.69, 9.17) is 11.5 Å². The second-order valence-corrected chi connectivity index (χ2v) is 2.20. The molecule has 0 spiro atoms. The summed E-state index contributed by atoms with van der Waals surface area (Å²) >= 11 is 0. The summed E-state index contributed by atoms with van der Waals surface area (Å²) in [5.41, 5.74) is 12.2. The Balaban J connectivity index is 2.93. The van der Waals surface area contributed by atoms with Gasteiger partial charge in [0.2, 0.25) is 0 Å². The second-order valence-electron chi connectivity index (χ2n) is 2.20. The first kappa shape index (κ1) is 5.96. The Hall–Kier alpha value is -1.78. The van der Waals surface area contributed by atoms with Crippen LogP contribution in [0.1, 0.15) is 0 Å². The number of rotatable bonds is 0. The summed E-state index contributed by atoms with van der Waals surface area (Å²) in [6.07, 6.45) is 3.14. The number of hydrogen-bond donors (Lipinski definition) is 2. The maximum Gasteiger partial charge on any atom is 0.157 e. The van der Waals surface area contributed by atoms with E-state index in [0.717, 1.165) is 0 Å². The molecule has 2 aromatic heterocycles. The Bertz CT molecular complexity index is 391. The summed E-state index contributed by atoms with van der Waals surface area (Å²) in [6.45, 7) is 0. The van der Waals surface area contributed by atoms with Gasteiger partial charge in [-0.2, -0.15) is 9.61 Å². The lowest BCUT2D eigenvalue weighted by atomic mass is 10.5. The third-order valence-corrected chi connectivity index (χ3v) is 1.48. The van der Waals surface area contributed by atoms with Gasteiger partial charge >= 0.3 is 0 Å². The number of hydrogen-bond acceptors (Lipinski definition) is 4. The fourth-order valence-corrected chi connectivity index (χ4v) is 0.904. The molecule has 0 aliphatic heterocycles. The first-order valence-corrected chi connectivity index (χ1v) is 3.13. The van der Waals surface area contributed by atoms with Crippen LogP contribution in [0.25, 0.3) is 5.65 Å². The van der Waals surface area contributed by atoms with Crippen LogP contribution in [0.15, 0.2) is 18.5 Å². The van der Waals surface area contributed by atoms with Crippen molar-refractivity contribution in [1.29, 1.82) is 0 Å². The van der Waals surface area contributed by atoms with Gasteiger partial charge in [-0.1, -0.05) is 0 Å². The van der Waals surface area contributed by atoms with Crippen molar-refractivity contribution in [3.05, 3.63) is 18.5 Å². The van der Waals surface area contributed by atoms with Crippen LogP contribution in [0.4, 0.5) is 11.5 Å². The van der Waals surface area contributed by atoms with Gasteiger partial charge in [0.1, 0.15) is 0 Å². The maximum absolute atomic E-state index is 5.60. The Morgan fingerprint density at radius 2 is 2.18 bits per heavy atom. The molecule has 0 unspecified atom stereocenters. The number of fused-ring (bicyclic) bond motifs is 1. The van der Waals surface area contributed by atoms with Gasteiger partial charge in [-0.25, -0.2) is 4.98 Å². The molecule has 5 heteroatoms. The van der Waals surface area contributed by atoms with Gasteiger partial charge in [0, 0.05) is 6.07 Å². The maximum atomic E-state index is 5.60. The zero-order valence-corrected chi connectivity index (χ0v) is 5.73. The Morgan fingerprint density at radius 1 is 1.36 bits per heavy atom. The molecule has 56 valence electrons. The highest BCUT2D eigenvalue weighted by molar-refractivity contribution is 5.61. The monoisotopic (exact) mass is 149 g/mol. The van der Waals surface area contributed by atoms with Gasteiger partial charge < -0.3 is 11.5 Å². The topological polar surface area (TPSA) is 82.2 Å². The van der Waals surface area contributed by atoms with E-state index in [2.05, 4.69) is 10.1 Å². The van der Waals surface area contributed by atoms with Crippen molar-refractivity contribution >= 4 is 17.2 Å². The molecular weight excluding hydrogens is 142 g/mol. The van der Waals surface area contributed by atoms with Crippen molar-refractivity contribution in [2.24, 2.45) is 0 Å². The molecule has 0 amide bonds. The first-order valence-electron chi connectivity index (χ1n) is 3.13. The molecule has 2 rings (SSSR count). The van der Waals surface area contributed by atoms with Crippen molar-refractivity contribution in [2.75, 3.05) is 11.5 Å². The molecule has 0 saturated heterocycles. The standard InChI is InChI=1S/C6H7N5/c7-4-3-9-5-1-2-10-11(5)6(4)8/h1-3H,7-8H2. The van der Waals surface area contributed by atoms with Gasteiger partial charge in [0.15, 0.2) is 11.5 Å². The number of nitrogen functional groups attached to an aromatic ring is 2. The van der Waals surface area contributed by atoms with Crippen molar-refractivity contribution in [2.45, 2.75) is 0 Å². The van der Waals surface area contributed by atoms with E-state index in [9.17, 15) is 0 Å². The molecule has 2 heterocycles. The lowest BCUT2D eigenvalue weighted by Crippen LogP contribution is -2.04. The highest BCUT2D eigenvalue weighted by Crippen LogP contribution is 2.12. The molecule has 0 aromatic carbocycles. The van der Waals surface area contributed by atoms with Crippen LogP contribution in [-0.2, 0) is 0 Å². The first-order chi connectivity index (χ1) is 5.29. The Morgan fingerprint density at radius 3 is 3.00 bits per heavy atom. The average Bonchev–Trinajstić information content (AvgIpc) is 2.45. The van der Waals surface area contributed by atoms with Crippen LogP contribution in [-0.4, -0.2) is 14.6 Å². The minimum absolute atomic E-state index is 0.431. The van der Waals surface area contributed by atoms with E-state index in [0.29, 0.717) is 17.2 Å². The fourth-order valence-electron chi connectivity index (χ4n) is 0.904. The summed E-state index contributed by atoms with van der Waals surface area (Å²) in [6, 6.07) is 1.76. The number of aromatic nitrogens is 3. The van der Waals surface area contributed by atoms with Crippen LogP contribution in [0.2, 0.25) is 0 Å². The van der Waals surface area contributed by atoms with Crippen LogP contribution in [0, 0.1) is 0 Å². The minimum atomic E-state index is 0.431. The van der Waals surface area contributed by atoms with Crippen LogP contribution < -0.4 is 11.5 Å². The van der Waals surface area contributed by atoms with Crippen LogP contribution in [0.3, 0.4) is 0 Å². The van der Waals surface area contributed by atoms with E-state index in [1.807, 2.05) is 0 Å². The molecule has 0 bridgehead atoms. The summed E-state index contributed by atoms with van der Waals surface area (Å²) in [5.74, 6) is 0.431. The summed E-state index contributed by atoms with van der Waals surface area (Å²) in [7, 11) is 0. The van der Waals surface area contributed by atoms with E-state index >= 15 is 0 Å². The normalized spacial score (nSPS) is 10.5. The zero-order valence-electron chi connectivity index (χ0n) is 5.73. The van der Waals surface area contributed by atoms with E-state index < -0.39 is 0 Å². The fraction of sp³-hybridized carbons (Fsp3) is 0. The molecular formula is C6H7N5. The molecule has 0 fully saturated rings. The smallest absolute Gasteiger partial charge is 0.157 e. The summed E-state index contributed by atoms with van der Waals surface area (Å²) < 4.78 is 1.50. The summed E-state index contributed by atoms with van der Waals surface area (Å²) in [5, 5.41) is 3.93. The van der Waals surface area contributed by atoms with Gasteiger partial charge in [-0.05, 0) is 0 Å². The minimum Gasteiger partial charge on any atom is -0.394 e. The van der Waals surface area contributed by atoms with Crippen LogP contribution in [0.5, 0.6) is 0 Å². The molecule has 4 N–H and O–H groups in total. The zero-order chi connectivity index (χ0) is 7.84. The molecule has 0 saturated carbocycles. The average molecular weight is 149 g/mol. The number of nitrogens with two attached hydrogens (primary N) is 2. The van der Waals surface area contributed by atoms with E-state index in [-0.39, 0.29) is 0 Å². The number of nitrogens with zero attached hydrogens (tertiary/aromatic N) is 3. The molecule has 0 radical (unpaired) electrons. The Kier molecular flexibility index (Phi) is 1.00. The van der Waals surface area contributed by atoms with Crippen molar-refractivity contribution in [1.82, 2.24) is 14.6 Å². The SMILES string of the molecule is Nc1cnc2ccnn2c1N. The summed E-state index contributed by atoms with van der Waals surface area (Å²) in [4.78, 5) is 4.00. The van der Waals surface area contributed by atoms with Gasteiger partial charge in [-0.3, -0.25) is 0 Å². The van der Waals surface area contributed by atoms with Crippen molar-refractivity contribution in [3.63, 3.8) is 0 Å². The Labute approximate surface area is 62.6 Å². The lowest BCUT2D eigenvalue weighted by molar-refractivity contribution is 0.955. The quantitative estimate of drug-likeness (QED) is 0.547. The van der Waals surface area contributed by atoms with Gasteiger partial charge in [0.25, 0.3) is 0 Å². The van der Waals surface area contributed by atoms with Gasteiger partial charge in [-0.15, -0.1) is 0 Å². The lowest BCUT2D eigenvalue weighted by Gasteiger charge is -2.00. The highest BCUT2D eigenvalue weighted by Gasteiger charge is 2.00. The highest BCUT2D eigenvalue weighted by atomic mass is 15.3. The second kappa shape index (κ2) is 1.85. The molecule has 0 aliphatic rings. The molecule has 11 heavy (non-hydrogen) atoms. The molecule has 2 aromatic rings. The van der Waals surface area contributed by atoms with Gasteiger partial charge in [0.05, 0.1) is 18.1 Å². The predicted molar refractivity (Wildman–Crippen MR) is 41.8 cm³/mol. The molecule has 0 atom stereocenters. The van der Waals surface area contributed by atoms with E-state index in [1.165, 1.54) is 10.7 Å². The largest absolute Gasteiger partial charge is 0.394 e. The third kappa shape index (κ3) is 0.706. The third-order valence-electron chi connectivity index (χ3n) is 1.48. The predicted octanol–water partition coefficient (Wildman–Crippen LogP) is -0.106. The van der Waals surface area contributed by atoms with Crippen molar-refractivity contribution < 1.29 is 0 Å². The molecule has 5 nitrogen and oxygen atoms in total. The molecule has 0 aliphatic carbocycles.